The highest BCUT2D eigenvalue weighted by Crippen LogP contribution is 2.29. The van der Waals surface area contributed by atoms with Crippen LogP contribution in [0.2, 0.25) is 0 Å². The highest BCUT2D eigenvalue weighted by Gasteiger charge is 2.22. The molecule has 0 bridgehead atoms. The largest absolute Gasteiger partial charge is 0.497 e. The Hall–Kier alpha value is -3.06. The lowest BCUT2D eigenvalue weighted by Gasteiger charge is -2.33. The van der Waals surface area contributed by atoms with Crippen molar-refractivity contribution in [1.82, 2.24) is 10.2 Å². The zero-order valence-electron chi connectivity index (χ0n) is 21.6. The highest BCUT2D eigenvalue weighted by molar-refractivity contribution is 6.02. The molecule has 0 saturated carbocycles. The second-order valence-electron chi connectivity index (χ2n) is 9.26. The molecule has 0 aromatic heterocycles. The van der Waals surface area contributed by atoms with Gasteiger partial charge >= 0.3 is 0 Å². The van der Waals surface area contributed by atoms with Crippen molar-refractivity contribution < 1.29 is 14.3 Å². The van der Waals surface area contributed by atoms with E-state index in [1.807, 2.05) is 42.5 Å². The van der Waals surface area contributed by atoms with Gasteiger partial charge in [-0.1, -0.05) is 32.9 Å². The van der Waals surface area contributed by atoms with Crippen molar-refractivity contribution in [1.29, 1.82) is 0 Å². The van der Waals surface area contributed by atoms with Crippen LogP contribution in [0.5, 0.6) is 5.75 Å². The van der Waals surface area contributed by atoms with E-state index in [4.69, 9.17) is 4.74 Å². The number of amides is 2. The van der Waals surface area contributed by atoms with E-state index in [-0.39, 0.29) is 18.2 Å². The molecule has 3 rings (SSSR count). The number of hydrogen-bond donors (Lipinski definition) is 2. The van der Waals surface area contributed by atoms with Crippen LogP contribution in [0.25, 0.3) is 0 Å². The third-order valence-corrected chi connectivity index (χ3v) is 6.78. The molecule has 7 heteroatoms. The summed E-state index contributed by atoms with van der Waals surface area (Å²) in [6.45, 7) is 11.7. The van der Waals surface area contributed by atoms with Gasteiger partial charge in [0.1, 0.15) is 5.75 Å². The SMILES string of the molecule is CCN(CC)CCNC(=O)c1cc(NC(=O)Cc2ccc(OC)cc2)ccc1N1CCC(C)CC1. The van der Waals surface area contributed by atoms with Crippen molar-refractivity contribution in [2.45, 2.75) is 40.0 Å². The Bertz CT molecular complexity index is 965. The van der Waals surface area contributed by atoms with Crippen molar-refractivity contribution in [2.24, 2.45) is 5.92 Å². The molecule has 2 aromatic carbocycles. The molecule has 1 heterocycles. The fraction of sp³-hybridized carbons (Fsp3) is 0.500. The normalized spacial score (nSPS) is 14.1. The van der Waals surface area contributed by atoms with Gasteiger partial charge in [-0.25, -0.2) is 0 Å². The Morgan fingerprint density at radius 3 is 2.37 bits per heavy atom. The number of likely N-dealkylation sites (N-methyl/N-ethyl adjacent to an activating group) is 1. The van der Waals surface area contributed by atoms with E-state index >= 15 is 0 Å². The van der Waals surface area contributed by atoms with Crippen LogP contribution in [-0.4, -0.2) is 63.1 Å². The summed E-state index contributed by atoms with van der Waals surface area (Å²) in [5, 5.41) is 6.05. The van der Waals surface area contributed by atoms with Crippen molar-refractivity contribution in [3.63, 3.8) is 0 Å². The molecule has 1 aliphatic heterocycles. The van der Waals surface area contributed by atoms with Gasteiger partial charge in [-0.05, 0) is 67.7 Å². The van der Waals surface area contributed by atoms with Gasteiger partial charge in [0.05, 0.1) is 19.1 Å². The quantitative estimate of drug-likeness (QED) is 0.505. The minimum Gasteiger partial charge on any atom is -0.497 e. The van der Waals surface area contributed by atoms with E-state index in [2.05, 4.69) is 41.2 Å². The summed E-state index contributed by atoms with van der Waals surface area (Å²) in [4.78, 5) is 30.5. The number of piperidine rings is 1. The van der Waals surface area contributed by atoms with E-state index in [1.54, 1.807) is 7.11 Å². The number of nitrogens with one attached hydrogen (secondary N) is 2. The van der Waals surface area contributed by atoms with E-state index in [1.165, 1.54) is 0 Å². The Labute approximate surface area is 209 Å². The zero-order chi connectivity index (χ0) is 25.2. The molecule has 2 N–H and O–H groups in total. The van der Waals surface area contributed by atoms with E-state index in [0.717, 1.165) is 62.6 Å². The molecular weight excluding hydrogens is 440 g/mol. The zero-order valence-corrected chi connectivity index (χ0v) is 21.6. The maximum atomic E-state index is 13.2. The second-order valence-corrected chi connectivity index (χ2v) is 9.26. The van der Waals surface area contributed by atoms with Crippen molar-refractivity contribution >= 4 is 23.2 Å². The minimum absolute atomic E-state index is 0.1000. The maximum absolute atomic E-state index is 13.2. The lowest BCUT2D eigenvalue weighted by atomic mass is 9.97. The number of methoxy groups -OCH3 is 1. The Kier molecular flexibility index (Phi) is 9.97. The summed E-state index contributed by atoms with van der Waals surface area (Å²) in [7, 11) is 1.62. The first-order valence-corrected chi connectivity index (χ1v) is 12.8. The summed E-state index contributed by atoms with van der Waals surface area (Å²) in [5.41, 5.74) is 3.08. The Morgan fingerprint density at radius 2 is 1.74 bits per heavy atom. The molecule has 0 unspecified atom stereocenters. The minimum atomic E-state index is -0.123. The van der Waals surface area contributed by atoms with E-state index in [9.17, 15) is 9.59 Å². The number of anilines is 2. The van der Waals surface area contributed by atoms with Crippen LogP contribution in [0.4, 0.5) is 11.4 Å². The molecule has 2 aromatic rings. The number of hydrogen-bond acceptors (Lipinski definition) is 5. The molecule has 2 amide bonds. The second kappa shape index (κ2) is 13.1. The summed E-state index contributed by atoms with van der Waals surface area (Å²) in [6.07, 6.45) is 2.48. The molecule has 0 aliphatic carbocycles. The number of ether oxygens (including phenoxy) is 1. The molecule has 0 radical (unpaired) electrons. The van der Waals surface area contributed by atoms with E-state index in [0.29, 0.717) is 23.7 Å². The van der Waals surface area contributed by atoms with Gasteiger partial charge < -0.3 is 25.2 Å². The standard InChI is InChI=1S/C28H40N4O3/c1-5-31(6-2)18-15-29-28(34)25-20-23(9-12-26(25)32-16-13-21(3)14-17-32)30-27(33)19-22-7-10-24(35-4)11-8-22/h7-12,20-21H,5-6,13-19H2,1-4H3,(H,29,34)(H,30,33). The molecular formula is C28H40N4O3. The lowest BCUT2D eigenvalue weighted by Crippen LogP contribution is -2.37. The smallest absolute Gasteiger partial charge is 0.253 e. The van der Waals surface area contributed by atoms with Gasteiger partial charge in [0.2, 0.25) is 5.91 Å². The van der Waals surface area contributed by atoms with Crippen molar-refractivity contribution in [3.8, 4) is 5.75 Å². The van der Waals surface area contributed by atoms with Crippen LogP contribution in [0.1, 0.15) is 49.5 Å². The van der Waals surface area contributed by atoms with Crippen LogP contribution in [-0.2, 0) is 11.2 Å². The number of benzene rings is 2. The Balaban J connectivity index is 1.73. The average Bonchev–Trinajstić information content (AvgIpc) is 2.87. The summed E-state index contributed by atoms with van der Waals surface area (Å²) in [6, 6.07) is 13.1. The molecule has 1 fully saturated rings. The number of carbonyl (C=O) groups excluding carboxylic acids is 2. The average molecular weight is 481 g/mol. The van der Waals surface area contributed by atoms with Crippen LogP contribution >= 0.6 is 0 Å². The Morgan fingerprint density at radius 1 is 1.06 bits per heavy atom. The van der Waals surface area contributed by atoms with Gasteiger partial charge in [0.25, 0.3) is 5.91 Å². The van der Waals surface area contributed by atoms with Crippen LogP contribution in [0.15, 0.2) is 42.5 Å². The predicted molar refractivity (Wildman–Crippen MR) is 143 cm³/mol. The monoisotopic (exact) mass is 480 g/mol. The fourth-order valence-corrected chi connectivity index (χ4v) is 4.42. The number of rotatable bonds is 11. The predicted octanol–water partition coefficient (Wildman–Crippen LogP) is 4.18. The third kappa shape index (κ3) is 7.72. The van der Waals surface area contributed by atoms with Gasteiger partial charge in [-0.15, -0.1) is 0 Å². The molecule has 190 valence electrons. The molecule has 7 nitrogen and oxygen atoms in total. The van der Waals surface area contributed by atoms with Crippen molar-refractivity contribution in [2.75, 3.05) is 56.6 Å². The first-order valence-electron chi connectivity index (χ1n) is 12.8. The van der Waals surface area contributed by atoms with Crippen molar-refractivity contribution in [3.05, 3.63) is 53.6 Å². The summed E-state index contributed by atoms with van der Waals surface area (Å²) < 4.78 is 5.18. The summed E-state index contributed by atoms with van der Waals surface area (Å²) >= 11 is 0. The molecule has 35 heavy (non-hydrogen) atoms. The molecule has 1 saturated heterocycles. The van der Waals surface area contributed by atoms with Crippen LogP contribution < -0.4 is 20.3 Å². The van der Waals surface area contributed by atoms with Gasteiger partial charge in [-0.2, -0.15) is 0 Å². The highest BCUT2D eigenvalue weighted by atomic mass is 16.5. The maximum Gasteiger partial charge on any atom is 0.253 e. The lowest BCUT2D eigenvalue weighted by molar-refractivity contribution is -0.115. The fourth-order valence-electron chi connectivity index (χ4n) is 4.42. The number of carbonyl (C=O) groups is 2. The first-order chi connectivity index (χ1) is 16.9. The van der Waals surface area contributed by atoms with Gasteiger partial charge in [0.15, 0.2) is 0 Å². The molecule has 0 spiro atoms. The number of nitrogens with zero attached hydrogens (tertiary/aromatic N) is 2. The topological polar surface area (TPSA) is 73.9 Å². The van der Waals surface area contributed by atoms with Gasteiger partial charge in [0, 0.05) is 37.6 Å². The first kappa shape index (κ1) is 26.5. The third-order valence-electron chi connectivity index (χ3n) is 6.78. The summed E-state index contributed by atoms with van der Waals surface area (Å²) in [5.74, 6) is 1.24. The molecule has 1 aliphatic rings. The van der Waals surface area contributed by atoms with Crippen LogP contribution in [0.3, 0.4) is 0 Å². The molecule has 0 atom stereocenters. The van der Waals surface area contributed by atoms with Crippen LogP contribution in [0, 0.1) is 5.92 Å². The van der Waals surface area contributed by atoms with Gasteiger partial charge in [-0.3, -0.25) is 9.59 Å². The van der Waals surface area contributed by atoms with E-state index < -0.39 is 0 Å².